The highest BCUT2D eigenvalue weighted by Crippen LogP contribution is 2.42. The zero-order valence-corrected chi connectivity index (χ0v) is 17.8. The average Bonchev–Trinajstić information content (AvgIpc) is 3.42. The summed E-state index contributed by atoms with van der Waals surface area (Å²) in [6.07, 6.45) is 7.30. The Morgan fingerprint density at radius 3 is 2.44 bits per heavy atom. The van der Waals surface area contributed by atoms with E-state index in [0.29, 0.717) is 37.4 Å². The van der Waals surface area contributed by atoms with Crippen molar-refractivity contribution in [2.75, 3.05) is 19.6 Å². The maximum atomic E-state index is 13.6. The van der Waals surface area contributed by atoms with Crippen molar-refractivity contribution in [2.24, 2.45) is 13.0 Å². The van der Waals surface area contributed by atoms with Crippen molar-refractivity contribution in [1.29, 1.82) is 0 Å². The molecule has 0 aliphatic carbocycles. The Bertz CT molecular complexity index is 1130. The van der Waals surface area contributed by atoms with Crippen molar-refractivity contribution in [1.82, 2.24) is 24.3 Å². The van der Waals surface area contributed by atoms with Gasteiger partial charge in [-0.25, -0.2) is 9.37 Å². The van der Waals surface area contributed by atoms with Crippen LogP contribution in [0.2, 0.25) is 0 Å². The third-order valence-corrected chi connectivity index (χ3v) is 6.72. The lowest BCUT2D eigenvalue weighted by atomic mass is 9.81. The van der Waals surface area contributed by atoms with Gasteiger partial charge in [-0.1, -0.05) is 12.1 Å². The summed E-state index contributed by atoms with van der Waals surface area (Å²) in [4.78, 5) is 38.4. The molecule has 0 spiro atoms. The molecule has 0 unspecified atom stereocenters. The van der Waals surface area contributed by atoms with Gasteiger partial charge in [0.25, 0.3) is 11.8 Å². The number of nitrogens with zero attached hydrogens (tertiary/aromatic N) is 5. The quantitative estimate of drug-likeness (QED) is 0.637. The van der Waals surface area contributed by atoms with Crippen molar-refractivity contribution in [3.63, 3.8) is 0 Å². The van der Waals surface area contributed by atoms with Crippen LogP contribution >= 0.6 is 0 Å². The Kier molecular flexibility index (Phi) is 5.20. The molecule has 7 nitrogen and oxygen atoms in total. The van der Waals surface area contributed by atoms with Gasteiger partial charge in [-0.3, -0.25) is 14.6 Å². The van der Waals surface area contributed by atoms with Crippen molar-refractivity contribution in [3.8, 4) is 0 Å². The molecule has 4 heterocycles. The fraction of sp³-hybridized carbons (Fsp3) is 0.333. The molecule has 2 saturated heterocycles. The highest BCUT2D eigenvalue weighted by atomic mass is 19.1. The predicted octanol–water partition coefficient (Wildman–Crippen LogP) is 2.72. The van der Waals surface area contributed by atoms with Gasteiger partial charge >= 0.3 is 0 Å². The van der Waals surface area contributed by atoms with Crippen LogP contribution in [0.25, 0.3) is 0 Å². The van der Waals surface area contributed by atoms with Crippen LogP contribution in [-0.4, -0.2) is 61.8 Å². The lowest BCUT2D eigenvalue weighted by molar-refractivity contribution is 0.0524. The van der Waals surface area contributed by atoms with Crippen LogP contribution in [-0.2, 0) is 7.05 Å². The summed E-state index contributed by atoms with van der Waals surface area (Å²) >= 11 is 0. The smallest absolute Gasteiger partial charge is 0.289 e. The summed E-state index contributed by atoms with van der Waals surface area (Å²) in [5.41, 5.74) is 1.59. The molecule has 3 aromatic rings. The van der Waals surface area contributed by atoms with E-state index in [9.17, 15) is 14.0 Å². The van der Waals surface area contributed by atoms with Crippen LogP contribution in [0.5, 0.6) is 0 Å². The zero-order chi connectivity index (χ0) is 22.2. The second-order valence-corrected chi connectivity index (χ2v) is 8.48. The van der Waals surface area contributed by atoms with Gasteiger partial charge in [0.2, 0.25) is 0 Å². The van der Waals surface area contributed by atoms with Gasteiger partial charge < -0.3 is 14.4 Å². The van der Waals surface area contributed by atoms with Crippen LogP contribution in [0.4, 0.5) is 4.39 Å². The Morgan fingerprint density at radius 1 is 1.00 bits per heavy atom. The van der Waals surface area contributed by atoms with Crippen LogP contribution < -0.4 is 0 Å². The van der Waals surface area contributed by atoms with E-state index in [1.54, 1.807) is 60.7 Å². The number of aryl methyl sites for hydroxylation is 1. The largest absolute Gasteiger partial charge is 0.336 e. The average molecular weight is 433 g/mol. The highest BCUT2D eigenvalue weighted by Gasteiger charge is 2.48. The van der Waals surface area contributed by atoms with Crippen molar-refractivity contribution < 1.29 is 14.0 Å². The van der Waals surface area contributed by atoms with Crippen molar-refractivity contribution in [2.45, 2.75) is 18.4 Å². The Hall–Kier alpha value is -3.55. The second-order valence-electron chi connectivity index (χ2n) is 8.48. The first-order valence-electron chi connectivity index (χ1n) is 10.8. The fourth-order valence-corrected chi connectivity index (χ4v) is 5.09. The molecule has 2 fully saturated rings. The van der Waals surface area contributed by atoms with Gasteiger partial charge in [0, 0.05) is 74.9 Å². The number of carbonyl (C=O) groups is 2. The molecule has 3 atom stereocenters. The van der Waals surface area contributed by atoms with Gasteiger partial charge in [-0.2, -0.15) is 0 Å². The number of carbonyl (C=O) groups excluding carboxylic acids is 2. The van der Waals surface area contributed by atoms with Gasteiger partial charge in [0.1, 0.15) is 5.82 Å². The number of imidazole rings is 1. The van der Waals surface area contributed by atoms with Gasteiger partial charge in [-0.15, -0.1) is 0 Å². The third-order valence-electron chi connectivity index (χ3n) is 6.72. The molecule has 2 aliphatic heterocycles. The molecule has 5 rings (SSSR count). The predicted molar refractivity (Wildman–Crippen MR) is 115 cm³/mol. The summed E-state index contributed by atoms with van der Waals surface area (Å²) in [5, 5.41) is 0. The number of hydrogen-bond acceptors (Lipinski definition) is 4. The molecule has 32 heavy (non-hydrogen) atoms. The van der Waals surface area contributed by atoms with Crippen LogP contribution in [0, 0.1) is 11.7 Å². The van der Waals surface area contributed by atoms with Crippen LogP contribution in [0.15, 0.2) is 61.2 Å². The lowest BCUT2D eigenvalue weighted by Gasteiger charge is -2.38. The monoisotopic (exact) mass is 433 g/mol. The molecular formula is C24H24FN5O2. The number of amides is 2. The van der Waals surface area contributed by atoms with E-state index < -0.39 is 0 Å². The molecule has 2 aliphatic rings. The fourth-order valence-electron chi connectivity index (χ4n) is 5.09. The minimum Gasteiger partial charge on any atom is -0.336 e. The van der Waals surface area contributed by atoms with E-state index in [-0.39, 0.29) is 35.5 Å². The second kappa shape index (κ2) is 8.18. The van der Waals surface area contributed by atoms with Crippen LogP contribution in [0.3, 0.4) is 0 Å². The van der Waals surface area contributed by atoms with Gasteiger partial charge in [0.15, 0.2) is 5.82 Å². The van der Waals surface area contributed by atoms with Crippen LogP contribution in [0.1, 0.15) is 38.9 Å². The molecule has 0 bridgehead atoms. The van der Waals surface area contributed by atoms with Crippen molar-refractivity contribution in [3.05, 3.63) is 84.0 Å². The SMILES string of the molecule is Cn1ccnc1C(=O)N1CC[C@H]2[C@@H](C1)[C@H](c1ccc(F)cc1)CN2C(=O)c1ccncc1. The normalized spacial score (nSPS) is 22.6. The van der Waals surface area contributed by atoms with E-state index in [2.05, 4.69) is 9.97 Å². The number of rotatable bonds is 3. The standard InChI is InChI=1S/C24H24FN5O2/c1-28-13-11-27-22(28)24(32)29-12-8-21-20(14-29)19(16-2-4-18(25)5-3-16)15-30(21)23(31)17-6-9-26-10-7-17/h2-7,9-11,13,19-21H,8,12,14-15H2,1H3/t19-,20-,21-/m0/s1. The first-order valence-corrected chi connectivity index (χ1v) is 10.8. The highest BCUT2D eigenvalue weighted by molar-refractivity contribution is 5.95. The third kappa shape index (κ3) is 3.55. The number of pyridine rings is 1. The molecule has 1 aromatic carbocycles. The summed E-state index contributed by atoms with van der Waals surface area (Å²) in [6.45, 7) is 1.62. The van der Waals surface area contributed by atoms with Crippen molar-refractivity contribution >= 4 is 11.8 Å². The van der Waals surface area contributed by atoms with E-state index in [0.717, 1.165) is 5.56 Å². The molecule has 164 valence electrons. The number of fused-ring (bicyclic) bond motifs is 1. The minimum atomic E-state index is -0.289. The molecule has 2 amide bonds. The molecule has 2 aromatic heterocycles. The minimum absolute atomic E-state index is 0.0103. The Labute approximate surface area is 185 Å². The number of hydrogen-bond donors (Lipinski definition) is 0. The molecule has 0 radical (unpaired) electrons. The Morgan fingerprint density at radius 2 is 1.75 bits per heavy atom. The number of likely N-dealkylation sites (tertiary alicyclic amines) is 2. The zero-order valence-electron chi connectivity index (χ0n) is 17.8. The maximum Gasteiger partial charge on any atom is 0.289 e. The van der Waals surface area contributed by atoms with Gasteiger partial charge in [-0.05, 0) is 36.2 Å². The summed E-state index contributed by atoms with van der Waals surface area (Å²) < 4.78 is 15.3. The summed E-state index contributed by atoms with van der Waals surface area (Å²) in [6, 6.07) is 9.95. The van der Waals surface area contributed by atoms with E-state index in [1.807, 2.05) is 9.80 Å². The molecule has 8 heteroatoms. The maximum absolute atomic E-state index is 13.6. The van der Waals surface area contributed by atoms with E-state index in [1.165, 1.54) is 12.1 Å². The molecule has 0 saturated carbocycles. The number of aromatic nitrogens is 3. The van der Waals surface area contributed by atoms with E-state index in [4.69, 9.17) is 0 Å². The summed E-state index contributed by atoms with van der Waals surface area (Å²) in [7, 11) is 1.80. The summed E-state index contributed by atoms with van der Waals surface area (Å²) in [5.74, 6) is 0.0592. The number of benzene rings is 1. The first-order chi connectivity index (χ1) is 15.5. The number of halogens is 1. The van der Waals surface area contributed by atoms with E-state index >= 15 is 0 Å². The molecule has 0 N–H and O–H groups in total. The topological polar surface area (TPSA) is 71.3 Å². The van der Waals surface area contributed by atoms with Gasteiger partial charge in [0.05, 0.1) is 0 Å². The number of piperidine rings is 1. The lowest BCUT2D eigenvalue weighted by Crippen LogP contribution is -2.50. The Balaban J connectivity index is 1.45. The first kappa shape index (κ1) is 20.4. The molecular weight excluding hydrogens is 409 g/mol.